The van der Waals surface area contributed by atoms with Crippen LogP contribution >= 0.6 is 11.6 Å². The van der Waals surface area contributed by atoms with Crippen LogP contribution in [0.4, 0.5) is 0 Å². The van der Waals surface area contributed by atoms with Crippen molar-refractivity contribution in [2.24, 2.45) is 5.92 Å². The Bertz CT molecular complexity index is 359. The molecule has 1 N–H and O–H groups in total. The molecule has 1 saturated carbocycles. The van der Waals surface area contributed by atoms with Crippen molar-refractivity contribution in [3.8, 4) is 0 Å². The van der Waals surface area contributed by atoms with E-state index in [1.165, 1.54) is 12.8 Å². The number of nitrogens with zero attached hydrogens (tertiary/aromatic N) is 2. The summed E-state index contributed by atoms with van der Waals surface area (Å²) in [6.45, 7) is 5.09. The molecule has 0 bridgehead atoms. The first-order valence-electron chi connectivity index (χ1n) is 5.51. The second-order valence-corrected chi connectivity index (χ2v) is 4.77. The van der Waals surface area contributed by atoms with Gasteiger partial charge in [-0.15, -0.1) is 0 Å². The number of rotatable bonds is 3. The summed E-state index contributed by atoms with van der Waals surface area (Å²) in [6, 6.07) is 0.545. The average Bonchev–Trinajstić information content (AvgIpc) is 2.42. The lowest BCUT2D eigenvalue weighted by Gasteiger charge is -2.37. The third-order valence-electron chi connectivity index (χ3n) is 3.39. The molecule has 0 spiro atoms. The molecule has 1 aliphatic rings. The lowest BCUT2D eigenvalue weighted by Crippen LogP contribution is -2.36. The summed E-state index contributed by atoms with van der Waals surface area (Å²) >= 11 is 6.15. The lowest BCUT2D eigenvalue weighted by atomic mass is 9.79. The van der Waals surface area contributed by atoms with Gasteiger partial charge in [-0.25, -0.2) is 0 Å². The average molecular weight is 228 g/mol. The molecule has 4 heteroatoms. The molecule has 0 aliphatic heterocycles. The van der Waals surface area contributed by atoms with Crippen LogP contribution in [0.15, 0.2) is 0 Å². The highest BCUT2D eigenvalue weighted by Crippen LogP contribution is 2.39. The van der Waals surface area contributed by atoms with Crippen molar-refractivity contribution in [2.45, 2.75) is 32.7 Å². The minimum absolute atomic E-state index is 0.545. The fourth-order valence-corrected chi connectivity index (χ4v) is 2.46. The monoisotopic (exact) mass is 227 g/mol. The Kier molecular flexibility index (Phi) is 3.03. The molecular formula is C11H18ClN3. The third-order valence-corrected chi connectivity index (χ3v) is 3.94. The van der Waals surface area contributed by atoms with Crippen LogP contribution in [-0.4, -0.2) is 23.4 Å². The smallest absolute Gasteiger partial charge is 0.0844 e. The number of hydrogen-bond acceptors (Lipinski definition) is 2. The molecular weight excluding hydrogens is 210 g/mol. The number of aryl methyl sites for hydroxylation is 1. The molecule has 1 aromatic rings. The zero-order valence-electron chi connectivity index (χ0n) is 9.55. The molecule has 0 saturated heterocycles. The van der Waals surface area contributed by atoms with Gasteiger partial charge >= 0.3 is 0 Å². The maximum atomic E-state index is 6.15. The molecule has 2 atom stereocenters. The molecule has 3 nitrogen and oxygen atoms in total. The summed E-state index contributed by atoms with van der Waals surface area (Å²) in [5.74, 6) is 0.712. The second kappa shape index (κ2) is 4.14. The minimum atomic E-state index is 0.545. The molecule has 84 valence electrons. The summed E-state index contributed by atoms with van der Waals surface area (Å²) in [4.78, 5) is 0. The van der Waals surface area contributed by atoms with Crippen molar-refractivity contribution in [1.82, 2.24) is 15.1 Å². The van der Waals surface area contributed by atoms with Crippen LogP contribution in [0.5, 0.6) is 0 Å². The van der Waals surface area contributed by atoms with Gasteiger partial charge in [0, 0.05) is 0 Å². The molecule has 1 heterocycles. The van der Waals surface area contributed by atoms with Crippen LogP contribution < -0.4 is 5.32 Å². The van der Waals surface area contributed by atoms with Gasteiger partial charge in [0.25, 0.3) is 0 Å². The van der Waals surface area contributed by atoms with Crippen LogP contribution in [0.1, 0.15) is 30.3 Å². The molecule has 1 aliphatic carbocycles. The van der Waals surface area contributed by atoms with Gasteiger partial charge in [-0.3, -0.25) is 4.68 Å². The van der Waals surface area contributed by atoms with Crippen molar-refractivity contribution in [2.75, 3.05) is 13.6 Å². The zero-order valence-corrected chi connectivity index (χ0v) is 10.3. The van der Waals surface area contributed by atoms with Gasteiger partial charge in [-0.1, -0.05) is 11.6 Å². The first kappa shape index (κ1) is 11.0. The minimum Gasteiger partial charge on any atom is -0.319 e. The van der Waals surface area contributed by atoms with Gasteiger partial charge in [0.1, 0.15) is 0 Å². The number of nitrogens with one attached hydrogen (secondary N) is 1. The topological polar surface area (TPSA) is 29.9 Å². The van der Waals surface area contributed by atoms with E-state index in [1.807, 2.05) is 14.0 Å². The van der Waals surface area contributed by atoms with Crippen LogP contribution in [0.2, 0.25) is 5.02 Å². The Labute approximate surface area is 95.8 Å². The van der Waals surface area contributed by atoms with Gasteiger partial charge in [0.2, 0.25) is 0 Å². The van der Waals surface area contributed by atoms with E-state index in [0.717, 1.165) is 23.0 Å². The molecule has 0 amide bonds. The first-order chi connectivity index (χ1) is 7.15. The second-order valence-electron chi connectivity index (χ2n) is 4.39. The quantitative estimate of drug-likeness (QED) is 0.859. The van der Waals surface area contributed by atoms with E-state index in [1.54, 1.807) is 0 Å². The summed E-state index contributed by atoms with van der Waals surface area (Å²) in [5.41, 5.74) is 2.06. The molecule has 1 fully saturated rings. The van der Waals surface area contributed by atoms with E-state index in [2.05, 4.69) is 22.0 Å². The maximum absolute atomic E-state index is 6.15. The molecule has 2 unspecified atom stereocenters. The van der Waals surface area contributed by atoms with Crippen molar-refractivity contribution < 1.29 is 0 Å². The number of hydrogen-bond donors (Lipinski definition) is 1. The van der Waals surface area contributed by atoms with E-state index in [0.29, 0.717) is 12.0 Å². The summed E-state index contributed by atoms with van der Waals surface area (Å²) in [5, 5.41) is 8.58. The van der Waals surface area contributed by atoms with Crippen LogP contribution in [0, 0.1) is 19.8 Å². The largest absolute Gasteiger partial charge is 0.319 e. The van der Waals surface area contributed by atoms with Crippen LogP contribution in [0.3, 0.4) is 0 Å². The van der Waals surface area contributed by atoms with E-state index in [4.69, 9.17) is 11.6 Å². The Hall–Kier alpha value is -0.540. The van der Waals surface area contributed by atoms with Gasteiger partial charge in [0.15, 0.2) is 0 Å². The third kappa shape index (κ3) is 1.79. The molecule has 0 aromatic carbocycles. The first-order valence-corrected chi connectivity index (χ1v) is 5.88. The number of halogens is 1. The molecule has 15 heavy (non-hydrogen) atoms. The highest BCUT2D eigenvalue weighted by molar-refractivity contribution is 6.31. The lowest BCUT2D eigenvalue weighted by molar-refractivity contribution is 0.163. The van der Waals surface area contributed by atoms with Crippen molar-refractivity contribution in [3.63, 3.8) is 0 Å². The molecule has 0 radical (unpaired) electrons. The fourth-order valence-electron chi connectivity index (χ4n) is 2.34. The van der Waals surface area contributed by atoms with Crippen LogP contribution in [0.25, 0.3) is 0 Å². The van der Waals surface area contributed by atoms with E-state index < -0.39 is 0 Å². The highest BCUT2D eigenvalue weighted by atomic mass is 35.5. The van der Waals surface area contributed by atoms with Crippen molar-refractivity contribution in [1.29, 1.82) is 0 Å². The van der Waals surface area contributed by atoms with Crippen molar-refractivity contribution >= 4 is 11.6 Å². The van der Waals surface area contributed by atoms with Gasteiger partial charge in [-0.05, 0) is 46.2 Å². The Morgan fingerprint density at radius 2 is 2.20 bits per heavy atom. The van der Waals surface area contributed by atoms with E-state index in [9.17, 15) is 0 Å². The SMILES string of the molecule is CNCC1CCC1n1nc(C)c(Cl)c1C. The Morgan fingerprint density at radius 1 is 1.47 bits per heavy atom. The van der Waals surface area contributed by atoms with Crippen LogP contribution in [-0.2, 0) is 0 Å². The Morgan fingerprint density at radius 3 is 2.60 bits per heavy atom. The molecule has 2 rings (SSSR count). The summed E-state index contributed by atoms with van der Waals surface area (Å²) in [7, 11) is 2.00. The van der Waals surface area contributed by atoms with Gasteiger partial charge < -0.3 is 5.32 Å². The Balaban J connectivity index is 2.19. The predicted octanol–water partition coefficient (Wildman–Crippen LogP) is 2.32. The maximum Gasteiger partial charge on any atom is 0.0844 e. The standard InChI is InChI=1S/C11H18ClN3/c1-7-11(12)8(2)15(14-7)10-5-4-9(10)6-13-3/h9-10,13H,4-6H2,1-3H3. The van der Waals surface area contributed by atoms with Gasteiger partial charge in [-0.2, -0.15) is 5.10 Å². The van der Waals surface area contributed by atoms with Gasteiger partial charge in [0.05, 0.1) is 22.5 Å². The summed E-state index contributed by atoms with van der Waals surface area (Å²) < 4.78 is 2.11. The summed E-state index contributed by atoms with van der Waals surface area (Å²) in [6.07, 6.45) is 2.52. The molecule has 1 aromatic heterocycles. The zero-order chi connectivity index (χ0) is 11.0. The van der Waals surface area contributed by atoms with E-state index >= 15 is 0 Å². The predicted molar refractivity (Wildman–Crippen MR) is 62.4 cm³/mol. The van der Waals surface area contributed by atoms with Crippen molar-refractivity contribution in [3.05, 3.63) is 16.4 Å². The normalized spacial score (nSPS) is 25.3. The highest BCUT2D eigenvalue weighted by Gasteiger charge is 2.33. The fraction of sp³-hybridized carbons (Fsp3) is 0.727. The van der Waals surface area contributed by atoms with E-state index in [-0.39, 0.29) is 0 Å². The number of aromatic nitrogens is 2.